The van der Waals surface area contributed by atoms with E-state index in [0.717, 1.165) is 11.6 Å². The summed E-state index contributed by atoms with van der Waals surface area (Å²) in [6.45, 7) is 2.96. The van der Waals surface area contributed by atoms with Crippen LogP contribution in [0.5, 0.6) is 0 Å². The molecule has 1 aromatic heterocycles. The molecule has 2 aromatic rings. The minimum Gasteiger partial charge on any atom is -0.330 e. The average Bonchev–Trinajstić information content (AvgIpc) is 2.78. The van der Waals surface area contributed by atoms with Crippen molar-refractivity contribution in [3.8, 4) is 0 Å². The van der Waals surface area contributed by atoms with Crippen LogP contribution in [-0.4, -0.2) is 6.54 Å². The molecule has 0 aliphatic heterocycles. The molecule has 1 nitrogen and oxygen atoms in total. The maximum Gasteiger partial charge on any atom is 0.0413 e. The summed E-state index contributed by atoms with van der Waals surface area (Å²) in [5.41, 5.74) is 7.33. The fraction of sp³-hybridized carbons (Fsp3) is 0.467. The summed E-state index contributed by atoms with van der Waals surface area (Å²) in [4.78, 5) is 0. The molecule has 0 amide bonds. The van der Waals surface area contributed by atoms with Crippen LogP contribution >= 0.6 is 22.9 Å². The largest absolute Gasteiger partial charge is 0.330 e. The lowest BCUT2D eigenvalue weighted by Crippen LogP contribution is -2.12. The molecule has 1 atom stereocenters. The fourth-order valence-corrected chi connectivity index (χ4v) is 3.57. The Morgan fingerprint density at radius 3 is 2.89 bits per heavy atom. The molecule has 1 unspecified atom stereocenters. The Morgan fingerprint density at radius 2 is 2.17 bits per heavy atom. The van der Waals surface area contributed by atoms with Crippen LogP contribution in [0.2, 0.25) is 5.02 Å². The Balaban J connectivity index is 2.24. The minimum absolute atomic E-state index is 0.476. The van der Waals surface area contributed by atoms with Crippen molar-refractivity contribution in [3.05, 3.63) is 34.2 Å². The molecule has 2 N–H and O–H groups in total. The van der Waals surface area contributed by atoms with Gasteiger partial charge in [-0.05, 0) is 53.4 Å². The zero-order chi connectivity index (χ0) is 13.0. The fourth-order valence-electron chi connectivity index (χ4n) is 2.38. The van der Waals surface area contributed by atoms with E-state index in [1.54, 1.807) is 11.3 Å². The molecule has 1 aromatic carbocycles. The molecular formula is C15H20ClNS. The van der Waals surface area contributed by atoms with Gasteiger partial charge in [0, 0.05) is 9.72 Å². The number of thiophene rings is 1. The van der Waals surface area contributed by atoms with Crippen LogP contribution < -0.4 is 5.73 Å². The van der Waals surface area contributed by atoms with Crippen molar-refractivity contribution in [2.24, 2.45) is 5.73 Å². The van der Waals surface area contributed by atoms with E-state index in [-0.39, 0.29) is 0 Å². The summed E-state index contributed by atoms with van der Waals surface area (Å²) < 4.78 is 1.31. The van der Waals surface area contributed by atoms with Crippen molar-refractivity contribution in [1.29, 1.82) is 0 Å². The van der Waals surface area contributed by atoms with Crippen LogP contribution in [0.4, 0.5) is 0 Å². The summed E-state index contributed by atoms with van der Waals surface area (Å²) >= 11 is 7.89. The lowest BCUT2D eigenvalue weighted by atomic mass is 9.93. The summed E-state index contributed by atoms with van der Waals surface area (Å²) in [5.74, 6) is 0.476. The van der Waals surface area contributed by atoms with Gasteiger partial charge in [0.15, 0.2) is 0 Å². The first-order valence-electron chi connectivity index (χ1n) is 6.63. The zero-order valence-electron chi connectivity index (χ0n) is 10.8. The number of halogens is 1. The van der Waals surface area contributed by atoms with Gasteiger partial charge in [-0.3, -0.25) is 0 Å². The van der Waals surface area contributed by atoms with E-state index in [1.807, 2.05) is 6.07 Å². The van der Waals surface area contributed by atoms with Gasteiger partial charge in [-0.2, -0.15) is 0 Å². The molecule has 1 heterocycles. The monoisotopic (exact) mass is 281 g/mol. The number of benzene rings is 1. The Hall–Kier alpha value is -0.570. The molecule has 0 aliphatic carbocycles. The van der Waals surface area contributed by atoms with Crippen molar-refractivity contribution in [2.45, 2.75) is 38.5 Å². The molecule has 0 bridgehead atoms. The van der Waals surface area contributed by atoms with Crippen LogP contribution in [0.25, 0.3) is 10.1 Å². The third kappa shape index (κ3) is 3.05. The van der Waals surface area contributed by atoms with E-state index < -0.39 is 0 Å². The van der Waals surface area contributed by atoms with Gasteiger partial charge in [-0.25, -0.2) is 0 Å². The molecule has 0 fully saturated rings. The van der Waals surface area contributed by atoms with E-state index in [4.69, 9.17) is 17.3 Å². The summed E-state index contributed by atoms with van der Waals surface area (Å²) in [7, 11) is 0. The SMILES string of the molecule is CCCCCC(CN)c1csc2ccc(Cl)cc12. The number of rotatable bonds is 6. The third-order valence-corrected chi connectivity index (χ3v) is 4.66. The maximum absolute atomic E-state index is 6.10. The highest BCUT2D eigenvalue weighted by atomic mass is 35.5. The van der Waals surface area contributed by atoms with Gasteiger partial charge >= 0.3 is 0 Å². The molecule has 98 valence electrons. The summed E-state index contributed by atoms with van der Waals surface area (Å²) in [6.07, 6.45) is 4.99. The van der Waals surface area contributed by atoms with Gasteiger partial charge in [0.2, 0.25) is 0 Å². The molecule has 2 rings (SSSR count). The lowest BCUT2D eigenvalue weighted by Gasteiger charge is -2.14. The standard InChI is InChI=1S/C15H20ClNS/c1-2-3-4-5-11(9-17)14-10-18-15-7-6-12(16)8-13(14)15/h6-8,10-11H,2-5,9,17H2,1H3. The van der Waals surface area contributed by atoms with Gasteiger partial charge in [-0.1, -0.05) is 37.8 Å². The van der Waals surface area contributed by atoms with Crippen molar-refractivity contribution < 1.29 is 0 Å². The van der Waals surface area contributed by atoms with E-state index in [0.29, 0.717) is 5.92 Å². The van der Waals surface area contributed by atoms with Gasteiger partial charge < -0.3 is 5.73 Å². The first-order chi connectivity index (χ1) is 8.76. The molecule has 3 heteroatoms. The highest BCUT2D eigenvalue weighted by Gasteiger charge is 2.14. The number of fused-ring (bicyclic) bond motifs is 1. The van der Waals surface area contributed by atoms with Gasteiger partial charge in [0.25, 0.3) is 0 Å². The van der Waals surface area contributed by atoms with Crippen LogP contribution in [-0.2, 0) is 0 Å². The topological polar surface area (TPSA) is 26.0 Å². The van der Waals surface area contributed by atoms with Crippen molar-refractivity contribution in [2.75, 3.05) is 6.54 Å². The first kappa shape index (κ1) is 13.9. The van der Waals surface area contributed by atoms with E-state index >= 15 is 0 Å². The third-order valence-electron chi connectivity index (χ3n) is 3.45. The first-order valence-corrected chi connectivity index (χ1v) is 7.88. The molecule has 0 spiro atoms. The van der Waals surface area contributed by atoms with Crippen molar-refractivity contribution in [3.63, 3.8) is 0 Å². The van der Waals surface area contributed by atoms with Crippen LogP contribution in [0.1, 0.15) is 44.1 Å². The van der Waals surface area contributed by atoms with Crippen molar-refractivity contribution >= 4 is 33.0 Å². The Kier molecular flexibility index (Phi) is 5.04. The second-order valence-corrected chi connectivity index (χ2v) is 6.11. The van der Waals surface area contributed by atoms with Crippen molar-refractivity contribution in [1.82, 2.24) is 0 Å². The molecule has 0 radical (unpaired) electrons. The van der Waals surface area contributed by atoms with E-state index in [9.17, 15) is 0 Å². The number of hydrogen-bond acceptors (Lipinski definition) is 2. The minimum atomic E-state index is 0.476. The molecule has 0 saturated carbocycles. The number of hydrogen-bond donors (Lipinski definition) is 1. The Bertz CT molecular complexity index is 506. The molecule has 0 saturated heterocycles. The highest BCUT2D eigenvalue weighted by molar-refractivity contribution is 7.17. The molecule has 18 heavy (non-hydrogen) atoms. The number of nitrogens with two attached hydrogens (primary N) is 1. The Morgan fingerprint density at radius 1 is 1.33 bits per heavy atom. The average molecular weight is 282 g/mol. The van der Waals surface area contributed by atoms with E-state index in [2.05, 4.69) is 24.4 Å². The van der Waals surface area contributed by atoms with E-state index in [1.165, 1.54) is 41.3 Å². The second-order valence-electron chi connectivity index (χ2n) is 4.76. The lowest BCUT2D eigenvalue weighted by molar-refractivity contribution is 0.576. The normalized spacial score (nSPS) is 13.1. The zero-order valence-corrected chi connectivity index (χ0v) is 12.4. The summed E-state index contributed by atoms with van der Waals surface area (Å²) in [5, 5.41) is 4.36. The van der Waals surface area contributed by atoms with Gasteiger partial charge in [0.1, 0.15) is 0 Å². The predicted molar refractivity (Wildman–Crippen MR) is 82.8 cm³/mol. The summed E-state index contributed by atoms with van der Waals surface area (Å²) in [6, 6.07) is 6.13. The van der Waals surface area contributed by atoms with Gasteiger partial charge in [-0.15, -0.1) is 11.3 Å². The smallest absolute Gasteiger partial charge is 0.0413 e. The quantitative estimate of drug-likeness (QED) is 0.726. The Labute approximate surface area is 118 Å². The highest BCUT2D eigenvalue weighted by Crippen LogP contribution is 2.34. The van der Waals surface area contributed by atoms with Crippen LogP contribution in [0.15, 0.2) is 23.6 Å². The second kappa shape index (κ2) is 6.55. The molecule has 0 aliphatic rings. The van der Waals surface area contributed by atoms with Gasteiger partial charge in [0.05, 0.1) is 0 Å². The van der Waals surface area contributed by atoms with Crippen LogP contribution in [0.3, 0.4) is 0 Å². The number of unbranched alkanes of at least 4 members (excludes halogenated alkanes) is 2. The van der Waals surface area contributed by atoms with Crippen LogP contribution in [0, 0.1) is 0 Å². The maximum atomic E-state index is 6.10. The molecular weight excluding hydrogens is 262 g/mol. The predicted octanol–water partition coefficient (Wildman–Crippen LogP) is 5.18.